The molecule has 0 spiro atoms. The van der Waals surface area contributed by atoms with Crippen molar-refractivity contribution in [2.24, 2.45) is 0 Å². The third kappa shape index (κ3) is 2.84. The maximum absolute atomic E-state index is 11.5. The molecule has 1 aliphatic rings. The van der Waals surface area contributed by atoms with Gasteiger partial charge in [-0.3, -0.25) is 0 Å². The van der Waals surface area contributed by atoms with Crippen LogP contribution in [0.2, 0.25) is 5.02 Å². The number of carboxylic acids is 1. The molecule has 0 amide bonds. The number of para-hydroxylation sites is 1. The second kappa shape index (κ2) is 5.02. The molecule has 19 heavy (non-hydrogen) atoms. The van der Waals surface area contributed by atoms with Gasteiger partial charge in [0.25, 0.3) is 0 Å². The van der Waals surface area contributed by atoms with Gasteiger partial charge in [0.15, 0.2) is 9.84 Å². The highest BCUT2D eigenvalue weighted by Gasteiger charge is 2.32. The van der Waals surface area contributed by atoms with Crippen molar-refractivity contribution in [3.05, 3.63) is 28.8 Å². The molecule has 1 aromatic carbocycles. The van der Waals surface area contributed by atoms with E-state index in [4.69, 9.17) is 11.6 Å². The molecule has 1 heterocycles. The molecule has 0 aliphatic carbocycles. The van der Waals surface area contributed by atoms with E-state index in [0.29, 0.717) is 17.1 Å². The van der Waals surface area contributed by atoms with Crippen LogP contribution in [0.3, 0.4) is 0 Å². The number of nitrogens with zero attached hydrogens (tertiary/aromatic N) is 1. The van der Waals surface area contributed by atoms with Gasteiger partial charge in [0.1, 0.15) is 0 Å². The minimum absolute atomic E-state index is 0.0355. The first-order valence-electron chi connectivity index (χ1n) is 5.77. The van der Waals surface area contributed by atoms with Crippen LogP contribution in [0.5, 0.6) is 0 Å². The summed E-state index contributed by atoms with van der Waals surface area (Å²) >= 11 is 6.06. The Kier molecular flexibility index (Phi) is 3.73. The Hall–Kier alpha value is -1.27. The quantitative estimate of drug-likeness (QED) is 0.919. The first-order valence-corrected chi connectivity index (χ1v) is 7.97. The van der Waals surface area contributed by atoms with E-state index < -0.39 is 15.8 Å². The molecule has 1 saturated heterocycles. The predicted molar refractivity (Wildman–Crippen MR) is 73.9 cm³/mol. The fraction of sp³-hybridized carbons (Fsp3) is 0.417. The van der Waals surface area contributed by atoms with Crippen LogP contribution in [0.15, 0.2) is 18.2 Å². The standard InChI is InChI=1S/C12H14ClNO4S/c1-14(8-5-6-19(17,18)7-8)11-9(12(15)16)3-2-4-10(11)13/h2-4,8H,5-7H2,1H3,(H,15,16). The van der Waals surface area contributed by atoms with Gasteiger partial charge in [-0.2, -0.15) is 0 Å². The van der Waals surface area contributed by atoms with E-state index in [0.717, 1.165) is 0 Å². The first-order chi connectivity index (χ1) is 8.82. The molecular formula is C12H14ClNO4S. The van der Waals surface area contributed by atoms with Gasteiger partial charge in [-0.05, 0) is 18.6 Å². The SMILES string of the molecule is CN(c1c(Cl)cccc1C(=O)O)C1CCS(=O)(=O)C1. The van der Waals surface area contributed by atoms with Gasteiger partial charge in [0.2, 0.25) is 0 Å². The average Bonchev–Trinajstić information content (AvgIpc) is 2.68. The van der Waals surface area contributed by atoms with Crippen LogP contribution < -0.4 is 4.90 Å². The van der Waals surface area contributed by atoms with Crippen molar-refractivity contribution in [3.63, 3.8) is 0 Å². The molecule has 0 saturated carbocycles. The fourth-order valence-corrected chi connectivity index (χ4v) is 4.39. The number of sulfone groups is 1. The molecule has 7 heteroatoms. The van der Waals surface area contributed by atoms with Gasteiger partial charge in [-0.25, -0.2) is 13.2 Å². The minimum Gasteiger partial charge on any atom is -0.478 e. The van der Waals surface area contributed by atoms with Crippen LogP contribution in [0.4, 0.5) is 5.69 Å². The molecular weight excluding hydrogens is 290 g/mol. The second-order valence-electron chi connectivity index (χ2n) is 4.61. The van der Waals surface area contributed by atoms with Crippen molar-refractivity contribution in [2.75, 3.05) is 23.5 Å². The molecule has 1 aliphatic heterocycles. The Balaban J connectivity index is 2.39. The molecule has 0 aromatic heterocycles. The topological polar surface area (TPSA) is 74.7 Å². The zero-order valence-corrected chi connectivity index (χ0v) is 11.9. The summed E-state index contributed by atoms with van der Waals surface area (Å²) in [6, 6.07) is 4.39. The number of halogens is 1. The van der Waals surface area contributed by atoms with Crippen molar-refractivity contribution < 1.29 is 18.3 Å². The molecule has 104 valence electrons. The lowest BCUT2D eigenvalue weighted by molar-refractivity contribution is 0.0697. The van der Waals surface area contributed by atoms with Crippen LogP contribution >= 0.6 is 11.6 Å². The average molecular weight is 304 g/mol. The number of carboxylic acid groups (broad SMARTS) is 1. The van der Waals surface area contributed by atoms with E-state index >= 15 is 0 Å². The lowest BCUT2D eigenvalue weighted by Gasteiger charge is -2.27. The molecule has 2 rings (SSSR count). The Morgan fingerprint density at radius 3 is 2.68 bits per heavy atom. The van der Waals surface area contributed by atoms with Crippen molar-refractivity contribution in [1.29, 1.82) is 0 Å². The van der Waals surface area contributed by atoms with Crippen molar-refractivity contribution >= 4 is 33.1 Å². The summed E-state index contributed by atoms with van der Waals surface area (Å²) in [5.74, 6) is -0.909. The van der Waals surface area contributed by atoms with E-state index in [1.165, 1.54) is 6.07 Å². The van der Waals surface area contributed by atoms with Crippen molar-refractivity contribution in [3.8, 4) is 0 Å². The van der Waals surface area contributed by atoms with Gasteiger partial charge in [0.05, 0.1) is 27.8 Å². The van der Waals surface area contributed by atoms with Crippen LogP contribution in [0, 0.1) is 0 Å². The highest BCUT2D eigenvalue weighted by Crippen LogP contribution is 2.32. The number of benzene rings is 1. The Morgan fingerprint density at radius 1 is 1.47 bits per heavy atom. The maximum Gasteiger partial charge on any atom is 0.337 e. The molecule has 1 aromatic rings. The summed E-state index contributed by atoms with van der Waals surface area (Å²) in [6.07, 6.45) is 0.489. The lowest BCUT2D eigenvalue weighted by Crippen LogP contribution is -2.33. The van der Waals surface area contributed by atoms with E-state index in [-0.39, 0.29) is 23.1 Å². The number of aromatic carboxylic acids is 1. The molecule has 1 atom stereocenters. The lowest BCUT2D eigenvalue weighted by atomic mass is 10.1. The largest absolute Gasteiger partial charge is 0.478 e. The monoisotopic (exact) mass is 303 g/mol. The highest BCUT2D eigenvalue weighted by molar-refractivity contribution is 7.91. The Bertz CT molecular complexity index is 614. The van der Waals surface area contributed by atoms with Crippen LogP contribution in [0.1, 0.15) is 16.8 Å². The van der Waals surface area contributed by atoms with Crippen LogP contribution in [0.25, 0.3) is 0 Å². The number of rotatable bonds is 3. The Labute approximate surface area is 116 Å². The summed E-state index contributed by atoms with van der Waals surface area (Å²) in [6.45, 7) is 0. The Morgan fingerprint density at radius 2 is 2.16 bits per heavy atom. The summed E-state index contributed by atoms with van der Waals surface area (Å²) < 4.78 is 23.0. The molecule has 1 fully saturated rings. The van der Waals surface area contributed by atoms with Gasteiger partial charge in [-0.1, -0.05) is 17.7 Å². The smallest absolute Gasteiger partial charge is 0.337 e. The van der Waals surface area contributed by atoms with Crippen molar-refractivity contribution in [2.45, 2.75) is 12.5 Å². The molecule has 1 N–H and O–H groups in total. The highest BCUT2D eigenvalue weighted by atomic mass is 35.5. The van der Waals surface area contributed by atoms with E-state index in [2.05, 4.69) is 0 Å². The summed E-state index contributed by atoms with van der Waals surface area (Å²) in [7, 11) is -1.35. The summed E-state index contributed by atoms with van der Waals surface area (Å²) in [5, 5.41) is 9.49. The minimum atomic E-state index is -3.03. The third-order valence-electron chi connectivity index (χ3n) is 3.33. The first kappa shape index (κ1) is 14.1. The number of hydrogen-bond acceptors (Lipinski definition) is 4. The fourth-order valence-electron chi connectivity index (χ4n) is 2.31. The zero-order chi connectivity index (χ0) is 14.2. The van der Waals surface area contributed by atoms with Gasteiger partial charge in [0, 0.05) is 13.1 Å². The maximum atomic E-state index is 11.5. The number of carbonyl (C=O) groups is 1. The zero-order valence-electron chi connectivity index (χ0n) is 10.3. The summed E-state index contributed by atoms with van der Waals surface area (Å²) in [4.78, 5) is 12.9. The molecule has 0 radical (unpaired) electrons. The number of hydrogen-bond donors (Lipinski definition) is 1. The summed E-state index contributed by atoms with van der Waals surface area (Å²) in [5.41, 5.74) is 0.457. The van der Waals surface area contributed by atoms with E-state index in [1.807, 2.05) is 0 Å². The van der Waals surface area contributed by atoms with Gasteiger partial charge >= 0.3 is 5.97 Å². The van der Waals surface area contributed by atoms with Crippen LogP contribution in [-0.4, -0.2) is 44.1 Å². The number of anilines is 1. The normalized spacial score (nSPS) is 21.3. The van der Waals surface area contributed by atoms with Crippen LogP contribution in [-0.2, 0) is 9.84 Å². The molecule has 5 nitrogen and oxygen atoms in total. The van der Waals surface area contributed by atoms with Crippen molar-refractivity contribution in [1.82, 2.24) is 0 Å². The predicted octanol–water partition coefficient (Wildman–Crippen LogP) is 1.66. The van der Waals surface area contributed by atoms with E-state index in [9.17, 15) is 18.3 Å². The second-order valence-corrected chi connectivity index (χ2v) is 7.24. The molecule has 0 bridgehead atoms. The van der Waals surface area contributed by atoms with Gasteiger partial charge < -0.3 is 10.0 Å². The molecule has 1 unspecified atom stereocenters. The third-order valence-corrected chi connectivity index (χ3v) is 5.38. The van der Waals surface area contributed by atoms with Gasteiger partial charge in [-0.15, -0.1) is 0 Å². The van der Waals surface area contributed by atoms with E-state index in [1.54, 1.807) is 24.1 Å².